The van der Waals surface area contributed by atoms with Crippen molar-refractivity contribution in [2.75, 3.05) is 5.32 Å². The molecule has 0 amide bonds. The van der Waals surface area contributed by atoms with Crippen molar-refractivity contribution < 1.29 is 0 Å². The number of hydrogen-bond donors (Lipinski definition) is 3. The summed E-state index contributed by atoms with van der Waals surface area (Å²) in [5, 5.41) is 9.86. The summed E-state index contributed by atoms with van der Waals surface area (Å²) in [6.07, 6.45) is 1.49. The SMILES string of the molecule is Cc1cc(C)cc(NC(N)=NCc2cccc(-c3ncn[nH]3)c2)c1.I. The van der Waals surface area contributed by atoms with Crippen molar-refractivity contribution in [3.05, 3.63) is 65.5 Å². The fraction of sp³-hybridized carbons (Fsp3) is 0.167. The van der Waals surface area contributed by atoms with Gasteiger partial charge in [-0.3, -0.25) is 5.10 Å². The molecule has 0 spiro atoms. The van der Waals surface area contributed by atoms with Crippen molar-refractivity contribution in [1.82, 2.24) is 15.2 Å². The molecule has 0 aliphatic carbocycles. The Morgan fingerprint density at radius 1 is 1.16 bits per heavy atom. The number of guanidine groups is 1. The molecule has 0 radical (unpaired) electrons. The van der Waals surface area contributed by atoms with Crippen molar-refractivity contribution in [3.8, 4) is 11.4 Å². The maximum atomic E-state index is 6.00. The first-order valence-corrected chi connectivity index (χ1v) is 7.70. The summed E-state index contributed by atoms with van der Waals surface area (Å²) in [6.45, 7) is 4.60. The lowest BCUT2D eigenvalue weighted by molar-refractivity contribution is 1.06. The van der Waals surface area contributed by atoms with E-state index in [-0.39, 0.29) is 24.0 Å². The zero-order valence-corrected chi connectivity index (χ0v) is 16.5. The molecule has 0 atom stereocenters. The average molecular weight is 448 g/mol. The molecule has 0 aliphatic rings. The lowest BCUT2D eigenvalue weighted by atomic mass is 10.1. The van der Waals surface area contributed by atoms with Gasteiger partial charge in [0.1, 0.15) is 6.33 Å². The highest BCUT2D eigenvalue weighted by Gasteiger charge is 2.02. The van der Waals surface area contributed by atoms with Gasteiger partial charge < -0.3 is 11.1 Å². The van der Waals surface area contributed by atoms with Crippen LogP contribution in [0.1, 0.15) is 16.7 Å². The van der Waals surface area contributed by atoms with E-state index < -0.39 is 0 Å². The molecule has 0 unspecified atom stereocenters. The normalized spacial score (nSPS) is 11.0. The number of nitrogens with one attached hydrogen (secondary N) is 2. The maximum absolute atomic E-state index is 6.00. The smallest absolute Gasteiger partial charge is 0.193 e. The fourth-order valence-electron chi connectivity index (χ4n) is 2.57. The predicted molar refractivity (Wildman–Crippen MR) is 112 cm³/mol. The van der Waals surface area contributed by atoms with E-state index in [1.54, 1.807) is 0 Å². The van der Waals surface area contributed by atoms with Gasteiger partial charge in [-0.15, -0.1) is 24.0 Å². The van der Waals surface area contributed by atoms with Gasteiger partial charge in [-0.05, 0) is 48.7 Å². The van der Waals surface area contributed by atoms with E-state index in [4.69, 9.17) is 5.73 Å². The second-order valence-corrected chi connectivity index (χ2v) is 5.74. The third-order valence-corrected chi connectivity index (χ3v) is 3.54. The Morgan fingerprint density at radius 3 is 2.60 bits per heavy atom. The summed E-state index contributed by atoms with van der Waals surface area (Å²) in [7, 11) is 0. The molecule has 7 heteroatoms. The highest BCUT2D eigenvalue weighted by atomic mass is 127. The number of H-pyrrole nitrogens is 1. The van der Waals surface area contributed by atoms with Gasteiger partial charge in [0.15, 0.2) is 11.8 Å². The molecule has 6 nitrogen and oxygen atoms in total. The highest BCUT2D eigenvalue weighted by molar-refractivity contribution is 14.0. The van der Waals surface area contributed by atoms with E-state index in [0.717, 1.165) is 22.6 Å². The van der Waals surface area contributed by atoms with E-state index in [9.17, 15) is 0 Å². The third kappa shape index (κ3) is 5.28. The van der Waals surface area contributed by atoms with Crippen LogP contribution in [0, 0.1) is 13.8 Å². The van der Waals surface area contributed by atoms with Crippen LogP contribution in [0.5, 0.6) is 0 Å². The quantitative estimate of drug-likeness (QED) is 0.323. The Bertz CT molecular complexity index is 838. The largest absolute Gasteiger partial charge is 0.370 e. The minimum Gasteiger partial charge on any atom is -0.370 e. The first kappa shape index (κ1) is 18.9. The zero-order chi connectivity index (χ0) is 16.9. The van der Waals surface area contributed by atoms with Gasteiger partial charge in [0.05, 0.1) is 6.54 Å². The summed E-state index contributed by atoms with van der Waals surface area (Å²) < 4.78 is 0. The van der Waals surface area contributed by atoms with Crippen LogP contribution < -0.4 is 11.1 Å². The lowest BCUT2D eigenvalue weighted by Crippen LogP contribution is -2.22. The Kier molecular flexibility index (Phi) is 6.51. The molecule has 0 aliphatic heterocycles. The Morgan fingerprint density at radius 2 is 1.92 bits per heavy atom. The molecule has 0 bridgehead atoms. The molecule has 0 fully saturated rings. The second-order valence-electron chi connectivity index (χ2n) is 5.74. The van der Waals surface area contributed by atoms with Crippen LogP contribution in [0.2, 0.25) is 0 Å². The summed E-state index contributed by atoms with van der Waals surface area (Å²) in [5.74, 6) is 1.13. The number of aromatic nitrogens is 3. The molecule has 0 saturated heterocycles. The first-order valence-electron chi connectivity index (χ1n) is 7.70. The van der Waals surface area contributed by atoms with Crippen LogP contribution >= 0.6 is 24.0 Å². The molecule has 3 aromatic rings. The number of aliphatic imine (C=N–C) groups is 1. The molecule has 1 heterocycles. The van der Waals surface area contributed by atoms with Gasteiger partial charge in [0, 0.05) is 11.3 Å². The fourth-order valence-corrected chi connectivity index (χ4v) is 2.57. The van der Waals surface area contributed by atoms with Crippen LogP contribution in [0.3, 0.4) is 0 Å². The van der Waals surface area contributed by atoms with Gasteiger partial charge in [-0.1, -0.05) is 24.3 Å². The van der Waals surface area contributed by atoms with Gasteiger partial charge in [0.25, 0.3) is 0 Å². The highest BCUT2D eigenvalue weighted by Crippen LogP contribution is 2.16. The van der Waals surface area contributed by atoms with E-state index in [0.29, 0.717) is 12.5 Å². The molecule has 3 rings (SSSR count). The van der Waals surface area contributed by atoms with Crippen molar-refractivity contribution in [2.24, 2.45) is 10.7 Å². The Labute approximate surface area is 164 Å². The van der Waals surface area contributed by atoms with E-state index in [2.05, 4.69) is 45.4 Å². The number of hydrogen-bond acceptors (Lipinski definition) is 3. The van der Waals surface area contributed by atoms with Crippen molar-refractivity contribution >= 4 is 35.6 Å². The van der Waals surface area contributed by atoms with Crippen LogP contribution in [-0.4, -0.2) is 21.1 Å². The summed E-state index contributed by atoms with van der Waals surface area (Å²) in [6, 6.07) is 14.2. The molecule has 25 heavy (non-hydrogen) atoms. The van der Waals surface area contributed by atoms with Crippen molar-refractivity contribution in [3.63, 3.8) is 0 Å². The standard InChI is InChI=1S/C18H20N6.HI/c1-12-6-13(2)8-16(7-12)23-18(19)20-10-14-4-3-5-15(9-14)17-21-11-22-24-17;/h3-9,11H,10H2,1-2H3,(H3,19,20,23)(H,21,22,24);1H. The van der Waals surface area contributed by atoms with Gasteiger partial charge in [0.2, 0.25) is 0 Å². The topological polar surface area (TPSA) is 92.0 Å². The molecule has 130 valence electrons. The number of aryl methyl sites for hydroxylation is 2. The van der Waals surface area contributed by atoms with E-state index >= 15 is 0 Å². The molecular weight excluding hydrogens is 427 g/mol. The molecular formula is C18H21IN6. The Hall–Kier alpha value is -2.42. The maximum Gasteiger partial charge on any atom is 0.193 e. The summed E-state index contributed by atoms with van der Waals surface area (Å²) >= 11 is 0. The first-order chi connectivity index (χ1) is 11.6. The molecule has 4 N–H and O–H groups in total. The summed E-state index contributed by atoms with van der Waals surface area (Å²) in [5.41, 5.74) is 11.3. The van der Waals surface area contributed by atoms with Crippen LogP contribution in [0.15, 0.2) is 53.8 Å². The van der Waals surface area contributed by atoms with Gasteiger partial charge in [-0.25, -0.2) is 9.98 Å². The number of anilines is 1. The number of halogens is 1. The number of nitrogens with zero attached hydrogens (tertiary/aromatic N) is 3. The van der Waals surface area contributed by atoms with Crippen molar-refractivity contribution in [1.29, 1.82) is 0 Å². The number of rotatable bonds is 4. The number of benzene rings is 2. The second kappa shape index (κ2) is 8.61. The zero-order valence-electron chi connectivity index (χ0n) is 14.2. The number of aromatic amines is 1. The predicted octanol–water partition coefficient (Wildman–Crippen LogP) is 3.63. The van der Waals surface area contributed by atoms with Crippen molar-refractivity contribution in [2.45, 2.75) is 20.4 Å². The lowest BCUT2D eigenvalue weighted by Gasteiger charge is -2.08. The Balaban J connectivity index is 0.00000225. The third-order valence-electron chi connectivity index (χ3n) is 3.54. The minimum absolute atomic E-state index is 0. The molecule has 1 aromatic heterocycles. The van der Waals surface area contributed by atoms with Crippen LogP contribution in [-0.2, 0) is 6.54 Å². The van der Waals surface area contributed by atoms with E-state index in [1.807, 2.05) is 36.4 Å². The molecule has 2 aromatic carbocycles. The van der Waals surface area contributed by atoms with Gasteiger partial charge >= 0.3 is 0 Å². The minimum atomic E-state index is 0. The van der Waals surface area contributed by atoms with Gasteiger partial charge in [-0.2, -0.15) is 5.10 Å². The van der Waals surface area contributed by atoms with Crippen LogP contribution in [0.25, 0.3) is 11.4 Å². The summed E-state index contributed by atoms with van der Waals surface area (Å²) in [4.78, 5) is 8.56. The van der Waals surface area contributed by atoms with Crippen LogP contribution in [0.4, 0.5) is 5.69 Å². The molecule has 0 saturated carbocycles. The van der Waals surface area contributed by atoms with E-state index in [1.165, 1.54) is 17.5 Å². The number of nitrogens with two attached hydrogens (primary N) is 1. The average Bonchev–Trinajstić information content (AvgIpc) is 3.07. The monoisotopic (exact) mass is 448 g/mol.